The Bertz CT molecular complexity index is 2640. The Morgan fingerprint density at radius 1 is 0.341 bits per heavy atom. The molecule has 18 nitrogen and oxygen atoms in total. The molecule has 82 heavy (non-hydrogen) atoms. The van der Waals surface area contributed by atoms with Gasteiger partial charge in [0.2, 0.25) is 35.4 Å². The minimum absolute atomic E-state index is 0.134. The number of phenolic OH excluding ortho intramolecular Hbond substituents is 3. The molecule has 6 aromatic rings. The summed E-state index contributed by atoms with van der Waals surface area (Å²) < 4.78 is 0. The molecule has 0 fully saturated rings. The number of anilines is 3. The first-order valence-electron chi connectivity index (χ1n) is 28.2. The van der Waals surface area contributed by atoms with E-state index in [2.05, 4.69) is 31.9 Å². The number of benzene rings is 6. The predicted octanol–water partition coefficient (Wildman–Crippen LogP) is 7.54. The number of aromatic hydroxyl groups is 3. The summed E-state index contributed by atoms with van der Waals surface area (Å²) in [6.07, 6.45) is 6.83. The molecule has 0 radical (unpaired) electrons. The molecular formula is C64H79N9O9. The molecule has 6 rings (SSSR count). The number of amides is 6. The highest BCUT2D eigenvalue weighted by Crippen LogP contribution is 2.34. The Morgan fingerprint density at radius 2 is 0.585 bits per heavy atom. The highest BCUT2D eigenvalue weighted by Gasteiger charge is 2.25. The summed E-state index contributed by atoms with van der Waals surface area (Å²) in [5, 5.41) is 46.6. The van der Waals surface area contributed by atoms with E-state index in [4.69, 9.17) is 17.2 Å². The number of rotatable bonds is 33. The van der Waals surface area contributed by atoms with Crippen LogP contribution in [0.15, 0.2) is 146 Å². The van der Waals surface area contributed by atoms with E-state index in [1.165, 1.54) is 0 Å². The van der Waals surface area contributed by atoms with Crippen molar-refractivity contribution in [3.05, 3.63) is 179 Å². The van der Waals surface area contributed by atoms with Crippen molar-refractivity contribution in [2.24, 2.45) is 17.2 Å². The minimum atomic E-state index is -0.813. The highest BCUT2D eigenvalue weighted by atomic mass is 16.3. The molecule has 3 atom stereocenters. The zero-order valence-electron chi connectivity index (χ0n) is 46.4. The van der Waals surface area contributed by atoms with E-state index in [0.717, 1.165) is 33.4 Å². The van der Waals surface area contributed by atoms with Crippen molar-refractivity contribution in [3.8, 4) is 17.2 Å². The molecule has 15 N–H and O–H groups in total. The molecule has 0 aliphatic carbocycles. The van der Waals surface area contributed by atoms with Gasteiger partial charge in [-0.15, -0.1) is 0 Å². The Kier molecular flexibility index (Phi) is 25.4. The average molecular weight is 1120 g/mol. The van der Waals surface area contributed by atoms with Gasteiger partial charge >= 0.3 is 0 Å². The maximum atomic E-state index is 13.8. The summed E-state index contributed by atoms with van der Waals surface area (Å²) >= 11 is 0. The van der Waals surface area contributed by atoms with Crippen molar-refractivity contribution in [3.63, 3.8) is 0 Å². The summed E-state index contributed by atoms with van der Waals surface area (Å²) in [7, 11) is 0. The fourth-order valence-corrected chi connectivity index (χ4v) is 9.39. The fraction of sp³-hybridized carbons (Fsp3) is 0.344. The summed E-state index contributed by atoms with van der Waals surface area (Å²) in [4.78, 5) is 80.9. The van der Waals surface area contributed by atoms with Crippen LogP contribution in [0.2, 0.25) is 0 Å². The van der Waals surface area contributed by atoms with Crippen LogP contribution in [0.5, 0.6) is 17.2 Å². The first-order valence-corrected chi connectivity index (χ1v) is 28.2. The van der Waals surface area contributed by atoms with Gasteiger partial charge in [0, 0.05) is 42.2 Å². The lowest BCUT2D eigenvalue weighted by molar-refractivity contribution is -0.126. The molecule has 0 unspecified atom stereocenters. The van der Waals surface area contributed by atoms with E-state index in [1.807, 2.05) is 36.4 Å². The zero-order valence-corrected chi connectivity index (χ0v) is 46.4. The van der Waals surface area contributed by atoms with Gasteiger partial charge in [-0.1, -0.05) is 72.8 Å². The first kappa shape index (κ1) is 62.6. The van der Waals surface area contributed by atoms with Crippen LogP contribution in [0.25, 0.3) is 0 Å². The molecule has 6 aromatic carbocycles. The van der Waals surface area contributed by atoms with Crippen LogP contribution in [0.4, 0.5) is 17.1 Å². The molecule has 0 heterocycles. The molecule has 6 amide bonds. The normalized spacial score (nSPS) is 12.1. The van der Waals surface area contributed by atoms with Crippen LogP contribution in [-0.2, 0) is 48.0 Å². The number of nitrogens with two attached hydrogens (primary N) is 3. The molecule has 0 spiro atoms. The molecule has 0 saturated carbocycles. The monoisotopic (exact) mass is 1120 g/mol. The van der Waals surface area contributed by atoms with E-state index in [-0.39, 0.29) is 72.0 Å². The average Bonchev–Trinajstić information content (AvgIpc) is 3.57. The van der Waals surface area contributed by atoms with Crippen LogP contribution in [0.3, 0.4) is 0 Å². The van der Waals surface area contributed by atoms with Gasteiger partial charge < -0.3 is 64.4 Å². The molecule has 0 aromatic heterocycles. The number of nitrogens with one attached hydrogen (secondary N) is 6. The Balaban J connectivity index is 1.20. The second-order valence-corrected chi connectivity index (χ2v) is 20.5. The van der Waals surface area contributed by atoms with Gasteiger partial charge in [-0.3, -0.25) is 28.8 Å². The van der Waals surface area contributed by atoms with Crippen molar-refractivity contribution in [2.75, 3.05) is 35.6 Å². The van der Waals surface area contributed by atoms with Gasteiger partial charge in [0.05, 0.1) is 0 Å². The maximum Gasteiger partial charge on any atom is 0.246 e. The van der Waals surface area contributed by atoms with Gasteiger partial charge in [0.15, 0.2) is 0 Å². The molecule has 18 heteroatoms. The van der Waals surface area contributed by atoms with Crippen molar-refractivity contribution < 1.29 is 44.1 Å². The molecule has 0 saturated heterocycles. The number of unbranched alkanes of at least 4 members (excludes halogenated alkanes) is 3. The smallest absolute Gasteiger partial charge is 0.246 e. The van der Waals surface area contributed by atoms with E-state index in [0.29, 0.717) is 114 Å². The lowest BCUT2D eigenvalue weighted by atomic mass is 9.85. The summed E-state index contributed by atoms with van der Waals surface area (Å²) in [6, 6.07) is 39.6. The highest BCUT2D eigenvalue weighted by molar-refractivity contribution is 5.99. The molecule has 0 bridgehead atoms. The Labute approximate surface area is 480 Å². The van der Waals surface area contributed by atoms with Gasteiger partial charge in [-0.25, -0.2) is 0 Å². The maximum absolute atomic E-state index is 13.8. The summed E-state index contributed by atoms with van der Waals surface area (Å²) in [6.45, 7) is 1.34. The van der Waals surface area contributed by atoms with Crippen molar-refractivity contribution in [1.29, 1.82) is 0 Å². The SMILES string of the molecule is NCCCC[C@@H](NC(=O)CCc1ccc(O)cc1)C(=O)Nc1ccc(C(c2ccc(NC(=O)[C@@H](CCCCN)NC(=O)CCc3ccc(O)cc3)cc2)c2ccc(NC(=O)[C@@H](CCCCN)NC(=O)CCc3ccc(O)cc3)cc2)cc1. The van der Waals surface area contributed by atoms with Crippen LogP contribution in [0.1, 0.15) is 116 Å². The van der Waals surface area contributed by atoms with Gasteiger partial charge in [0.25, 0.3) is 0 Å². The van der Waals surface area contributed by atoms with E-state index < -0.39 is 24.0 Å². The van der Waals surface area contributed by atoms with Gasteiger partial charge in [-0.2, -0.15) is 0 Å². The summed E-state index contributed by atoms with van der Waals surface area (Å²) in [5.41, 5.74) is 24.0. The van der Waals surface area contributed by atoms with Crippen molar-refractivity contribution in [1.82, 2.24) is 16.0 Å². The van der Waals surface area contributed by atoms with E-state index in [9.17, 15) is 44.1 Å². The Morgan fingerprint density at radius 3 is 0.817 bits per heavy atom. The lowest BCUT2D eigenvalue weighted by Crippen LogP contribution is -2.44. The molecule has 434 valence electrons. The van der Waals surface area contributed by atoms with Crippen LogP contribution < -0.4 is 49.1 Å². The topological polar surface area (TPSA) is 313 Å². The molecular weight excluding hydrogens is 1040 g/mol. The largest absolute Gasteiger partial charge is 0.508 e. The number of aryl methyl sites for hydroxylation is 3. The van der Waals surface area contributed by atoms with Gasteiger partial charge in [-0.05, 0) is 203 Å². The number of hydrogen-bond acceptors (Lipinski definition) is 12. The summed E-state index contributed by atoms with van der Waals surface area (Å²) in [5.74, 6) is -1.97. The number of carbonyl (C=O) groups excluding carboxylic acids is 6. The number of phenols is 3. The Hall–Kier alpha value is -8.58. The standard InChI is InChI=1S/C64H79N9O9/c65-40-4-1-7-55(71-58(77)37-16-43-10-31-52(74)32-11-43)62(80)68-49-25-19-46(20-26-49)61(47-21-27-50(28-22-47)69-63(81)56(8-2-5-41-66)72-59(78)38-17-44-12-33-53(75)34-13-44)48-23-29-51(30-24-48)70-64(82)57(9-3-6-42-67)73-60(79)39-18-45-14-35-54(76)36-15-45/h10-15,19-36,55-57,61,74-76H,1-9,16-18,37-42,65-67H2,(H,68,80)(H,69,81)(H,70,82)(H,71,77)(H,72,78)(H,73,79)/t55-,56-,57-/m1/s1. The number of hydrogen-bond donors (Lipinski definition) is 12. The first-order chi connectivity index (χ1) is 39.7. The third-order valence-electron chi connectivity index (χ3n) is 14.1. The predicted molar refractivity (Wildman–Crippen MR) is 320 cm³/mol. The van der Waals surface area contributed by atoms with Crippen molar-refractivity contribution >= 4 is 52.5 Å². The third-order valence-corrected chi connectivity index (χ3v) is 14.1. The second kappa shape index (κ2) is 33.2. The fourth-order valence-electron chi connectivity index (χ4n) is 9.39. The van der Waals surface area contributed by atoms with E-state index in [1.54, 1.807) is 109 Å². The quantitative estimate of drug-likeness (QED) is 0.0141. The second-order valence-electron chi connectivity index (χ2n) is 20.5. The lowest BCUT2D eigenvalue weighted by Gasteiger charge is -2.22. The minimum Gasteiger partial charge on any atom is -0.508 e. The van der Waals surface area contributed by atoms with Crippen LogP contribution in [-0.4, -0.2) is 88.5 Å². The molecule has 0 aliphatic rings. The third kappa shape index (κ3) is 21.1. The number of carbonyl (C=O) groups is 6. The zero-order chi connectivity index (χ0) is 58.6. The molecule has 0 aliphatic heterocycles. The van der Waals surface area contributed by atoms with Crippen LogP contribution in [0, 0.1) is 0 Å². The van der Waals surface area contributed by atoms with E-state index >= 15 is 0 Å². The van der Waals surface area contributed by atoms with Crippen LogP contribution >= 0.6 is 0 Å². The van der Waals surface area contributed by atoms with Gasteiger partial charge in [0.1, 0.15) is 35.4 Å². The van der Waals surface area contributed by atoms with Crippen molar-refractivity contribution in [2.45, 2.75) is 120 Å².